The van der Waals surface area contributed by atoms with Gasteiger partial charge in [0.05, 0.1) is 5.75 Å². The second-order valence-corrected chi connectivity index (χ2v) is 8.94. The van der Waals surface area contributed by atoms with Gasteiger partial charge in [-0.05, 0) is 25.7 Å². The van der Waals surface area contributed by atoms with Gasteiger partial charge in [-0.15, -0.1) is 0 Å². The molecule has 7 heteroatoms. The molecule has 1 saturated heterocycles. The van der Waals surface area contributed by atoms with Gasteiger partial charge in [0, 0.05) is 32.7 Å². The fourth-order valence-corrected chi connectivity index (χ4v) is 4.32. The third kappa shape index (κ3) is 8.87. The van der Waals surface area contributed by atoms with E-state index in [1.165, 1.54) is 25.7 Å². The van der Waals surface area contributed by atoms with Crippen molar-refractivity contribution in [1.82, 2.24) is 14.9 Å². The van der Waals surface area contributed by atoms with E-state index in [2.05, 4.69) is 29.5 Å². The molecule has 0 aliphatic carbocycles. The van der Waals surface area contributed by atoms with Crippen molar-refractivity contribution in [2.75, 3.05) is 38.5 Å². The van der Waals surface area contributed by atoms with Gasteiger partial charge in [-0.2, -0.15) is 0 Å². The highest BCUT2D eigenvalue weighted by atomic mass is 32.2. The molecule has 24 heavy (non-hydrogen) atoms. The van der Waals surface area contributed by atoms with Crippen LogP contribution in [-0.2, 0) is 10.0 Å². The Balaban J connectivity index is 2.20. The highest BCUT2D eigenvalue weighted by molar-refractivity contribution is 7.89. The third-order valence-corrected chi connectivity index (χ3v) is 6.12. The molecule has 0 bridgehead atoms. The van der Waals surface area contributed by atoms with Gasteiger partial charge in [0.2, 0.25) is 10.0 Å². The smallest absolute Gasteiger partial charge is 0.214 e. The quantitative estimate of drug-likeness (QED) is 0.336. The van der Waals surface area contributed by atoms with Crippen molar-refractivity contribution in [1.29, 1.82) is 0 Å². The first kappa shape index (κ1) is 21.2. The van der Waals surface area contributed by atoms with Crippen molar-refractivity contribution < 1.29 is 8.42 Å². The zero-order valence-corrected chi connectivity index (χ0v) is 16.5. The van der Waals surface area contributed by atoms with Crippen LogP contribution in [0.2, 0.25) is 0 Å². The fraction of sp³-hybridized carbons (Fsp3) is 0.941. The normalized spacial score (nSPS) is 18.2. The van der Waals surface area contributed by atoms with E-state index >= 15 is 0 Å². The summed E-state index contributed by atoms with van der Waals surface area (Å²) in [6.07, 6.45) is 6.98. The molecule has 2 N–H and O–H groups in total. The Labute approximate surface area is 148 Å². The van der Waals surface area contributed by atoms with Crippen LogP contribution in [0.4, 0.5) is 0 Å². The molecule has 0 aromatic carbocycles. The lowest BCUT2D eigenvalue weighted by molar-refractivity contribution is 0.445. The molecule has 6 nitrogen and oxygen atoms in total. The van der Waals surface area contributed by atoms with Crippen LogP contribution in [0.25, 0.3) is 0 Å². The third-order valence-electron chi connectivity index (χ3n) is 4.16. The molecular formula is C17H36N4O2S. The van der Waals surface area contributed by atoms with E-state index in [0.29, 0.717) is 19.6 Å². The molecule has 0 aromatic rings. The van der Waals surface area contributed by atoms with Gasteiger partial charge >= 0.3 is 0 Å². The molecule has 0 unspecified atom stereocenters. The Morgan fingerprint density at radius 1 is 1.17 bits per heavy atom. The lowest BCUT2D eigenvalue weighted by atomic mass is 10.0. The molecule has 1 heterocycles. The maximum absolute atomic E-state index is 11.8. The molecule has 1 aliphatic rings. The van der Waals surface area contributed by atoms with E-state index in [0.717, 1.165) is 37.8 Å². The Hall–Kier alpha value is -0.820. The predicted octanol–water partition coefficient (Wildman–Crippen LogP) is 2.18. The number of unbranched alkanes of at least 4 members (excludes halogenated alkanes) is 3. The van der Waals surface area contributed by atoms with Crippen LogP contribution >= 0.6 is 0 Å². The van der Waals surface area contributed by atoms with Gasteiger partial charge in [-0.1, -0.05) is 39.5 Å². The van der Waals surface area contributed by atoms with Crippen molar-refractivity contribution in [3.63, 3.8) is 0 Å². The highest BCUT2D eigenvalue weighted by Crippen LogP contribution is 2.12. The van der Waals surface area contributed by atoms with Gasteiger partial charge in [0.15, 0.2) is 5.96 Å². The van der Waals surface area contributed by atoms with Gasteiger partial charge in [-0.25, -0.2) is 12.7 Å². The molecule has 0 spiro atoms. The number of nitrogens with zero attached hydrogens (tertiary/aromatic N) is 2. The molecule has 1 aliphatic heterocycles. The van der Waals surface area contributed by atoms with Gasteiger partial charge in [-0.3, -0.25) is 4.99 Å². The summed E-state index contributed by atoms with van der Waals surface area (Å²) in [4.78, 5) is 4.57. The largest absolute Gasteiger partial charge is 0.357 e. The first-order valence-electron chi connectivity index (χ1n) is 9.45. The monoisotopic (exact) mass is 360 g/mol. The highest BCUT2D eigenvalue weighted by Gasteiger charge is 2.27. The predicted molar refractivity (Wildman–Crippen MR) is 102 cm³/mol. The Morgan fingerprint density at radius 3 is 2.54 bits per heavy atom. The molecule has 0 saturated carbocycles. The second kappa shape index (κ2) is 11.7. The number of sulfonamides is 1. The Morgan fingerprint density at radius 2 is 1.92 bits per heavy atom. The summed E-state index contributed by atoms with van der Waals surface area (Å²) < 4.78 is 25.1. The molecule has 0 radical (unpaired) electrons. The van der Waals surface area contributed by atoms with E-state index < -0.39 is 10.0 Å². The van der Waals surface area contributed by atoms with E-state index in [1.54, 1.807) is 4.31 Å². The maximum Gasteiger partial charge on any atom is 0.214 e. The lowest BCUT2D eigenvalue weighted by Crippen LogP contribution is -2.42. The van der Waals surface area contributed by atoms with Gasteiger partial charge in [0.1, 0.15) is 0 Å². The van der Waals surface area contributed by atoms with Crippen LogP contribution in [0.3, 0.4) is 0 Å². The minimum absolute atomic E-state index is 0.290. The van der Waals surface area contributed by atoms with Crippen molar-refractivity contribution >= 4 is 16.0 Å². The first-order valence-corrected chi connectivity index (χ1v) is 11.1. The van der Waals surface area contributed by atoms with Gasteiger partial charge in [0.25, 0.3) is 0 Å². The minimum Gasteiger partial charge on any atom is -0.357 e. The molecule has 1 rings (SSSR count). The topological polar surface area (TPSA) is 73.8 Å². The van der Waals surface area contributed by atoms with E-state index in [-0.39, 0.29) is 5.75 Å². The average Bonchev–Trinajstić information content (AvgIpc) is 2.84. The second-order valence-electron chi connectivity index (χ2n) is 6.85. The summed E-state index contributed by atoms with van der Waals surface area (Å²) in [6.45, 7) is 9.96. The molecular weight excluding hydrogens is 324 g/mol. The zero-order valence-electron chi connectivity index (χ0n) is 15.7. The van der Waals surface area contributed by atoms with Crippen LogP contribution < -0.4 is 10.6 Å². The molecule has 142 valence electrons. The van der Waals surface area contributed by atoms with Crippen LogP contribution in [0.5, 0.6) is 0 Å². The summed E-state index contributed by atoms with van der Waals surface area (Å²) in [5.41, 5.74) is 0. The number of hydrogen-bond acceptors (Lipinski definition) is 3. The van der Waals surface area contributed by atoms with E-state index in [1.807, 2.05) is 6.92 Å². The van der Waals surface area contributed by atoms with Crippen LogP contribution in [0.15, 0.2) is 4.99 Å². The van der Waals surface area contributed by atoms with Crippen molar-refractivity contribution in [2.45, 2.75) is 59.3 Å². The summed E-state index contributed by atoms with van der Waals surface area (Å²) >= 11 is 0. The summed E-state index contributed by atoms with van der Waals surface area (Å²) in [7, 11) is -3.00. The summed E-state index contributed by atoms with van der Waals surface area (Å²) in [6, 6.07) is 0. The summed E-state index contributed by atoms with van der Waals surface area (Å²) in [5.74, 6) is 1.88. The molecule has 0 aromatic heterocycles. The number of aliphatic imine (C=N–C) groups is 1. The van der Waals surface area contributed by atoms with Crippen LogP contribution in [-0.4, -0.2) is 57.2 Å². The average molecular weight is 361 g/mol. The number of hydrogen-bond donors (Lipinski definition) is 2. The SMILES string of the molecule is CCNC(=NCCCCCCC(C)C)NCCN1CCCS1(=O)=O. The fourth-order valence-electron chi connectivity index (χ4n) is 2.79. The maximum atomic E-state index is 11.8. The summed E-state index contributed by atoms with van der Waals surface area (Å²) in [5, 5.41) is 6.45. The van der Waals surface area contributed by atoms with Crippen LogP contribution in [0.1, 0.15) is 59.3 Å². The number of nitrogens with one attached hydrogen (secondary N) is 2. The number of rotatable bonds is 11. The molecule has 0 atom stereocenters. The Bertz CT molecular complexity index is 463. The molecule has 1 fully saturated rings. The van der Waals surface area contributed by atoms with Crippen molar-refractivity contribution in [3.05, 3.63) is 0 Å². The van der Waals surface area contributed by atoms with Crippen LogP contribution in [0, 0.1) is 5.92 Å². The van der Waals surface area contributed by atoms with E-state index in [4.69, 9.17) is 0 Å². The minimum atomic E-state index is -3.00. The zero-order chi connectivity index (χ0) is 17.8. The number of guanidine groups is 1. The van der Waals surface area contributed by atoms with Crippen molar-refractivity contribution in [3.8, 4) is 0 Å². The van der Waals surface area contributed by atoms with Gasteiger partial charge < -0.3 is 10.6 Å². The Kier molecular flexibility index (Phi) is 10.3. The van der Waals surface area contributed by atoms with Crippen molar-refractivity contribution in [2.24, 2.45) is 10.9 Å². The molecule has 0 amide bonds. The first-order chi connectivity index (χ1) is 11.5. The lowest BCUT2D eigenvalue weighted by Gasteiger charge is -2.16. The standard InChI is InChI=1S/C17H36N4O2S/c1-4-18-17(19-11-8-6-5-7-10-16(2)3)20-12-14-21-13-9-15-24(21,22)23/h16H,4-15H2,1-3H3,(H2,18,19,20). The van der Waals surface area contributed by atoms with E-state index in [9.17, 15) is 8.42 Å².